The molecule has 0 aromatic carbocycles. The Kier molecular flexibility index (Phi) is 4.11. The molecule has 1 amide bonds. The van der Waals surface area contributed by atoms with E-state index in [0.717, 1.165) is 0 Å². The van der Waals surface area contributed by atoms with E-state index >= 15 is 0 Å². The van der Waals surface area contributed by atoms with Gasteiger partial charge in [0.2, 0.25) is 5.76 Å². The zero-order chi connectivity index (χ0) is 13.9. The van der Waals surface area contributed by atoms with Crippen molar-refractivity contribution in [1.82, 2.24) is 10.1 Å². The maximum absolute atomic E-state index is 12.1. The van der Waals surface area contributed by atoms with Crippen molar-refractivity contribution in [3.63, 3.8) is 0 Å². The van der Waals surface area contributed by atoms with Gasteiger partial charge in [0.25, 0.3) is 5.91 Å². The average Bonchev–Trinajstić information content (AvgIpc) is 2.74. The molecule has 0 spiro atoms. The molecule has 1 aromatic rings. The second-order valence-corrected chi connectivity index (χ2v) is 4.48. The molecule has 0 fully saturated rings. The Morgan fingerprint density at radius 2 is 2.11 bits per heavy atom. The summed E-state index contributed by atoms with van der Waals surface area (Å²) >= 11 is 0. The number of carbonyl (C=O) groups is 2. The van der Waals surface area contributed by atoms with Gasteiger partial charge >= 0.3 is 5.97 Å². The third-order valence-electron chi connectivity index (χ3n) is 2.76. The number of likely N-dealkylation sites (N-methyl/N-ethyl adjacent to an activating group) is 1. The normalized spacial score (nSPS) is 11.2. The van der Waals surface area contributed by atoms with Gasteiger partial charge in [-0.2, -0.15) is 0 Å². The minimum Gasteiger partial charge on any atom is -0.464 e. The van der Waals surface area contributed by atoms with E-state index in [1.807, 2.05) is 0 Å². The monoisotopic (exact) mass is 254 g/mol. The molecule has 6 nitrogen and oxygen atoms in total. The van der Waals surface area contributed by atoms with Crippen molar-refractivity contribution in [1.29, 1.82) is 0 Å². The van der Waals surface area contributed by atoms with Crippen LogP contribution in [-0.2, 0) is 9.53 Å². The Morgan fingerprint density at radius 3 is 2.56 bits per heavy atom. The van der Waals surface area contributed by atoms with Crippen LogP contribution in [0.1, 0.15) is 37.0 Å². The van der Waals surface area contributed by atoms with Crippen LogP contribution in [0, 0.1) is 6.92 Å². The first kappa shape index (κ1) is 14.2. The number of carbonyl (C=O) groups excluding carboxylic acids is 2. The Morgan fingerprint density at radius 1 is 1.50 bits per heavy atom. The quantitative estimate of drug-likeness (QED) is 0.759. The van der Waals surface area contributed by atoms with Gasteiger partial charge in [0.05, 0.1) is 12.3 Å². The number of ether oxygens (including phenoxy) is 1. The van der Waals surface area contributed by atoms with Crippen LogP contribution in [-0.4, -0.2) is 41.1 Å². The van der Waals surface area contributed by atoms with E-state index in [2.05, 4.69) is 5.16 Å². The number of rotatable bonds is 4. The van der Waals surface area contributed by atoms with Crippen LogP contribution in [0.4, 0.5) is 0 Å². The Labute approximate surface area is 106 Å². The average molecular weight is 254 g/mol. The summed E-state index contributed by atoms with van der Waals surface area (Å²) in [6.07, 6.45) is 0. The number of esters is 1. The number of nitrogens with zero attached hydrogens (tertiary/aromatic N) is 2. The highest BCUT2D eigenvalue weighted by atomic mass is 16.5. The summed E-state index contributed by atoms with van der Waals surface area (Å²) in [6, 6.07) is 1.53. The Balaban J connectivity index is 2.89. The summed E-state index contributed by atoms with van der Waals surface area (Å²) < 4.78 is 9.83. The van der Waals surface area contributed by atoms with E-state index in [0.29, 0.717) is 5.69 Å². The first-order valence-electron chi connectivity index (χ1n) is 5.69. The van der Waals surface area contributed by atoms with Crippen LogP contribution in [0.3, 0.4) is 0 Å². The van der Waals surface area contributed by atoms with Gasteiger partial charge in [-0.3, -0.25) is 4.79 Å². The van der Waals surface area contributed by atoms with Gasteiger partial charge in [-0.15, -0.1) is 0 Å². The minimum atomic E-state index is -1.06. The summed E-state index contributed by atoms with van der Waals surface area (Å²) in [5, 5.41) is 3.64. The van der Waals surface area contributed by atoms with Crippen molar-refractivity contribution in [2.75, 3.05) is 13.7 Å². The lowest BCUT2D eigenvalue weighted by molar-refractivity contribution is -0.153. The van der Waals surface area contributed by atoms with Gasteiger partial charge in [0, 0.05) is 13.1 Å². The molecule has 0 bridgehead atoms. The lowest BCUT2D eigenvalue weighted by Crippen LogP contribution is -2.51. The number of amides is 1. The van der Waals surface area contributed by atoms with E-state index in [9.17, 15) is 9.59 Å². The van der Waals surface area contributed by atoms with Crippen molar-refractivity contribution in [3.8, 4) is 0 Å². The maximum atomic E-state index is 12.1. The summed E-state index contributed by atoms with van der Waals surface area (Å²) in [5.74, 6) is -0.766. The van der Waals surface area contributed by atoms with Crippen molar-refractivity contribution in [2.24, 2.45) is 0 Å². The van der Waals surface area contributed by atoms with E-state index in [-0.39, 0.29) is 12.4 Å². The highest BCUT2D eigenvalue weighted by Gasteiger charge is 2.38. The number of aromatic nitrogens is 1. The minimum absolute atomic E-state index is 0.104. The molecule has 1 aromatic heterocycles. The fourth-order valence-corrected chi connectivity index (χ4v) is 1.33. The number of hydrogen-bond donors (Lipinski definition) is 0. The predicted octanol–water partition coefficient (Wildman–Crippen LogP) is 1.40. The van der Waals surface area contributed by atoms with Gasteiger partial charge in [-0.05, 0) is 27.7 Å². The lowest BCUT2D eigenvalue weighted by atomic mass is 10.0. The molecule has 0 aliphatic carbocycles. The summed E-state index contributed by atoms with van der Waals surface area (Å²) in [6.45, 7) is 6.94. The molecule has 18 heavy (non-hydrogen) atoms. The molecule has 0 radical (unpaired) electrons. The van der Waals surface area contributed by atoms with Crippen LogP contribution in [0.2, 0.25) is 0 Å². The molecule has 1 rings (SSSR count). The van der Waals surface area contributed by atoms with Crippen LogP contribution < -0.4 is 0 Å². The number of aryl methyl sites for hydroxylation is 1. The molecule has 1 heterocycles. The van der Waals surface area contributed by atoms with E-state index < -0.39 is 17.4 Å². The van der Waals surface area contributed by atoms with Gasteiger partial charge in [0.15, 0.2) is 0 Å². The largest absolute Gasteiger partial charge is 0.464 e. The van der Waals surface area contributed by atoms with E-state index in [4.69, 9.17) is 9.26 Å². The smallest absolute Gasteiger partial charge is 0.331 e. The molecule has 0 atom stereocenters. The zero-order valence-electron chi connectivity index (χ0n) is 11.3. The highest BCUT2D eigenvalue weighted by molar-refractivity contribution is 5.95. The molecule has 0 aliphatic rings. The predicted molar refractivity (Wildman–Crippen MR) is 64.0 cm³/mol. The molecular weight excluding hydrogens is 236 g/mol. The fraction of sp³-hybridized carbons (Fsp3) is 0.583. The Bertz CT molecular complexity index is 451. The summed E-state index contributed by atoms with van der Waals surface area (Å²) in [7, 11) is 1.52. The molecule has 0 saturated heterocycles. The lowest BCUT2D eigenvalue weighted by Gasteiger charge is -2.32. The summed E-state index contributed by atoms with van der Waals surface area (Å²) in [5.41, 5.74) is -0.450. The van der Waals surface area contributed by atoms with Crippen LogP contribution in [0.5, 0.6) is 0 Å². The molecule has 0 aliphatic heterocycles. The van der Waals surface area contributed by atoms with Gasteiger partial charge in [-0.25, -0.2) is 4.79 Å². The van der Waals surface area contributed by atoms with Crippen LogP contribution >= 0.6 is 0 Å². The molecule has 0 unspecified atom stereocenters. The molecule has 0 saturated carbocycles. The second kappa shape index (κ2) is 5.20. The standard InChI is InChI=1S/C12H18N2O4/c1-6-17-11(16)12(3,4)14(5)10(15)9-7-8(2)13-18-9/h7H,6H2,1-5H3. The van der Waals surface area contributed by atoms with Crippen molar-refractivity contribution < 1.29 is 18.8 Å². The SMILES string of the molecule is CCOC(=O)C(C)(C)N(C)C(=O)c1cc(C)no1. The summed E-state index contributed by atoms with van der Waals surface area (Å²) in [4.78, 5) is 25.2. The van der Waals surface area contributed by atoms with Gasteiger partial charge in [0.1, 0.15) is 5.54 Å². The first-order valence-corrected chi connectivity index (χ1v) is 5.69. The van der Waals surface area contributed by atoms with Crippen LogP contribution in [0.15, 0.2) is 10.6 Å². The second-order valence-electron chi connectivity index (χ2n) is 4.48. The number of hydrogen-bond acceptors (Lipinski definition) is 5. The zero-order valence-corrected chi connectivity index (χ0v) is 11.3. The Hall–Kier alpha value is -1.85. The molecule has 6 heteroatoms. The highest BCUT2D eigenvalue weighted by Crippen LogP contribution is 2.18. The topological polar surface area (TPSA) is 72.6 Å². The van der Waals surface area contributed by atoms with Crippen molar-refractivity contribution in [3.05, 3.63) is 17.5 Å². The van der Waals surface area contributed by atoms with E-state index in [1.165, 1.54) is 18.0 Å². The van der Waals surface area contributed by atoms with Crippen LogP contribution in [0.25, 0.3) is 0 Å². The van der Waals surface area contributed by atoms with Crippen molar-refractivity contribution in [2.45, 2.75) is 33.2 Å². The fourth-order valence-electron chi connectivity index (χ4n) is 1.33. The molecule has 100 valence electrons. The third kappa shape index (κ3) is 2.69. The van der Waals surface area contributed by atoms with E-state index in [1.54, 1.807) is 27.7 Å². The maximum Gasteiger partial charge on any atom is 0.331 e. The third-order valence-corrected chi connectivity index (χ3v) is 2.76. The van der Waals surface area contributed by atoms with Gasteiger partial charge < -0.3 is 14.2 Å². The first-order chi connectivity index (χ1) is 8.30. The molecule has 0 N–H and O–H groups in total. The molecular formula is C12H18N2O4. The van der Waals surface area contributed by atoms with Gasteiger partial charge in [-0.1, -0.05) is 5.16 Å². The van der Waals surface area contributed by atoms with Crippen molar-refractivity contribution >= 4 is 11.9 Å².